The Bertz CT molecular complexity index is 25.2. The molecule has 1 aliphatic rings. The molecule has 38 valence electrons. The smallest absolute Gasteiger partial charge is 0.00772 e. The van der Waals surface area contributed by atoms with Gasteiger partial charge in [-0.3, -0.25) is 0 Å². The fourth-order valence-corrected chi connectivity index (χ4v) is 0.604. The molecule has 7 heavy (non-hydrogen) atoms. The molecule has 2 N–H and O–H groups in total. The van der Waals surface area contributed by atoms with E-state index in [9.17, 15) is 0 Å². The summed E-state index contributed by atoms with van der Waals surface area (Å²) < 4.78 is 0. The molecule has 1 fully saturated rings. The van der Waals surface area contributed by atoms with Gasteiger partial charge in [0.2, 0.25) is 0 Å². The summed E-state index contributed by atoms with van der Waals surface area (Å²) in [4.78, 5) is 0. The molecule has 0 spiro atoms. The second-order valence-corrected chi connectivity index (χ2v) is 1.50. The molecule has 0 bridgehead atoms. The zero-order valence-electron chi connectivity index (χ0n) is 4.54. The molecule has 0 unspecified atom stereocenters. The topological polar surface area (TPSA) is 24.1 Å². The Labute approximate surface area is 56.8 Å². The summed E-state index contributed by atoms with van der Waals surface area (Å²) >= 11 is 0. The molecule has 0 aliphatic carbocycles. The molecule has 1 saturated heterocycles. The second-order valence-electron chi connectivity index (χ2n) is 1.50. The van der Waals surface area contributed by atoms with E-state index in [1.807, 2.05) is 0 Å². The molecule has 0 aromatic carbocycles. The van der Waals surface area contributed by atoms with Crippen molar-refractivity contribution in [2.24, 2.45) is 0 Å². The van der Waals surface area contributed by atoms with Crippen molar-refractivity contribution in [1.82, 2.24) is 10.6 Å². The zero-order chi connectivity index (χ0) is 4.24. The van der Waals surface area contributed by atoms with E-state index < -0.39 is 0 Å². The fraction of sp³-hybridized carbons (Fsp3) is 1.00. The third kappa shape index (κ3) is 3.15. The Balaban J connectivity index is 0.000000360. The van der Waals surface area contributed by atoms with Gasteiger partial charge in [-0.05, 0) is 0 Å². The summed E-state index contributed by atoms with van der Waals surface area (Å²) in [5.41, 5.74) is 0. The van der Waals surface area contributed by atoms with Crippen LogP contribution in [0.1, 0.15) is 0 Å². The maximum Gasteiger partial charge on any atom is 0.00772 e. The Morgan fingerprint density at radius 3 is 1.14 bits per heavy atom. The molecule has 0 amide bonds. The Morgan fingerprint density at radius 2 is 1.00 bits per heavy atom. The van der Waals surface area contributed by atoms with E-state index in [2.05, 4.69) is 10.6 Å². The molecule has 0 radical (unpaired) electrons. The van der Waals surface area contributed by atoms with Gasteiger partial charge in [-0.1, -0.05) is 0 Å². The first-order valence-corrected chi connectivity index (χ1v) is 2.41. The number of nitrogens with one attached hydrogen (secondary N) is 2. The minimum atomic E-state index is 0. The van der Waals surface area contributed by atoms with Gasteiger partial charge in [0.1, 0.15) is 0 Å². The van der Waals surface area contributed by atoms with Gasteiger partial charge in [-0.15, -0.1) is 0 Å². The summed E-state index contributed by atoms with van der Waals surface area (Å²) in [6.07, 6.45) is 0. The van der Waals surface area contributed by atoms with Crippen molar-refractivity contribution < 1.29 is 19.5 Å². The van der Waals surface area contributed by atoms with Crippen LogP contribution in [-0.2, 0) is 19.5 Å². The summed E-state index contributed by atoms with van der Waals surface area (Å²) in [7, 11) is 0. The van der Waals surface area contributed by atoms with Crippen LogP contribution in [-0.4, -0.2) is 26.2 Å². The normalized spacial score (nSPS) is 20.6. The van der Waals surface area contributed by atoms with Crippen LogP contribution in [0.15, 0.2) is 0 Å². The van der Waals surface area contributed by atoms with Crippen LogP contribution in [0.3, 0.4) is 0 Å². The van der Waals surface area contributed by atoms with Crippen molar-refractivity contribution in [3.63, 3.8) is 0 Å². The van der Waals surface area contributed by atoms with Gasteiger partial charge in [0.15, 0.2) is 0 Å². The molecular formula is C4H10N2Zn. The molecular weight excluding hydrogens is 141 g/mol. The summed E-state index contributed by atoms with van der Waals surface area (Å²) in [6, 6.07) is 0. The molecule has 3 heteroatoms. The van der Waals surface area contributed by atoms with E-state index in [1.54, 1.807) is 0 Å². The van der Waals surface area contributed by atoms with E-state index in [1.165, 1.54) is 0 Å². The van der Waals surface area contributed by atoms with Crippen LogP contribution >= 0.6 is 0 Å². The number of hydrogen-bond donors (Lipinski definition) is 2. The van der Waals surface area contributed by atoms with E-state index in [-0.39, 0.29) is 19.5 Å². The van der Waals surface area contributed by atoms with Gasteiger partial charge < -0.3 is 10.6 Å². The van der Waals surface area contributed by atoms with Crippen LogP contribution in [0.25, 0.3) is 0 Å². The van der Waals surface area contributed by atoms with E-state index in [0.29, 0.717) is 0 Å². The summed E-state index contributed by atoms with van der Waals surface area (Å²) in [6.45, 7) is 4.56. The molecule has 1 rings (SSSR count). The monoisotopic (exact) mass is 150 g/mol. The predicted octanol–water partition coefficient (Wildman–Crippen LogP) is -0.823. The largest absolute Gasteiger partial charge is 0.314 e. The molecule has 2 nitrogen and oxygen atoms in total. The fourth-order valence-electron chi connectivity index (χ4n) is 0.604. The predicted molar refractivity (Wildman–Crippen MR) is 25.7 cm³/mol. The van der Waals surface area contributed by atoms with E-state index in [4.69, 9.17) is 0 Å². The second kappa shape index (κ2) is 4.70. The standard InChI is InChI=1S/C4H10N2.Zn/c1-2-6-4-3-5-1;/h5-6H,1-4H2;. The number of piperazine rings is 1. The van der Waals surface area contributed by atoms with Crippen LogP contribution < -0.4 is 10.6 Å². The molecule has 1 aliphatic heterocycles. The zero-order valence-corrected chi connectivity index (χ0v) is 7.50. The Morgan fingerprint density at radius 1 is 0.714 bits per heavy atom. The van der Waals surface area contributed by atoms with Crippen molar-refractivity contribution in [3.05, 3.63) is 0 Å². The van der Waals surface area contributed by atoms with Gasteiger partial charge in [0.25, 0.3) is 0 Å². The summed E-state index contributed by atoms with van der Waals surface area (Å²) in [5.74, 6) is 0. The van der Waals surface area contributed by atoms with E-state index in [0.717, 1.165) is 26.2 Å². The van der Waals surface area contributed by atoms with Gasteiger partial charge in [-0.2, -0.15) is 0 Å². The average molecular weight is 152 g/mol. The number of hydrogen-bond acceptors (Lipinski definition) is 2. The third-order valence-corrected chi connectivity index (χ3v) is 0.957. The van der Waals surface area contributed by atoms with Crippen molar-refractivity contribution >= 4 is 0 Å². The third-order valence-electron chi connectivity index (χ3n) is 0.957. The van der Waals surface area contributed by atoms with Gasteiger partial charge >= 0.3 is 0 Å². The van der Waals surface area contributed by atoms with Crippen molar-refractivity contribution in [2.75, 3.05) is 26.2 Å². The first kappa shape index (κ1) is 7.54. The van der Waals surface area contributed by atoms with Crippen molar-refractivity contribution in [1.29, 1.82) is 0 Å². The Kier molecular flexibility index (Phi) is 5.06. The first-order chi connectivity index (χ1) is 3.00. The molecule has 0 aromatic heterocycles. The van der Waals surface area contributed by atoms with Crippen LogP contribution in [0.5, 0.6) is 0 Å². The SMILES string of the molecule is C1CNCCN1.[Zn]. The van der Waals surface area contributed by atoms with Gasteiger partial charge in [0.05, 0.1) is 0 Å². The quantitative estimate of drug-likeness (QED) is 0.442. The molecule has 0 saturated carbocycles. The molecule has 0 atom stereocenters. The maximum atomic E-state index is 3.22. The average Bonchev–Trinajstić information content (AvgIpc) is 1.72. The minimum Gasteiger partial charge on any atom is -0.314 e. The first-order valence-electron chi connectivity index (χ1n) is 2.41. The van der Waals surface area contributed by atoms with Gasteiger partial charge in [-0.25, -0.2) is 0 Å². The van der Waals surface area contributed by atoms with Crippen molar-refractivity contribution in [2.45, 2.75) is 0 Å². The summed E-state index contributed by atoms with van der Waals surface area (Å²) in [5, 5.41) is 6.44. The Hall–Kier alpha value is 0.543. The van der Waals surface area contributed by atoms with E-state index >= 15 is 0 Å². The minimum absolute atomic E-state index is 0. The van der Waals surface area contributed by atoms with Gasteiger partial charge in [0, 0.05) is 45.7 Å². The molecule has 1 heterocycles. The van der Waals surface area contributed by atoms with Crippen LogP contribution in [0, 0.1) is 0 Å². The van der Waals surface area contributed by atoms with Crippen molar-refractivity contribution in [3.8, 4) is 0 Å². The molecule has 0 aromatic rings. The van der Waals surface area contributed by atoms with Crippen LogP contribution in [0.2, 0.25) is 0 Å². The number of rotatable bonds is 0. The maximum absolute atomic E-state index is 3.22. The van der Waals surface area contributed by atoms with Crippen LogP contribution in [0.4, 0.5) is 0 Å².